The molecule has 1 N–H and O–H groups in total. The first-order valence-electron chi connectivity index (χ1n) is 11.2. The molecule has 1 heterocycles. The van der Waals surface area contributed by atoms with Gasteiger partial charge in [-0.25, -0.2) is 0 Å². The monoisotopic (exact) mass is 606 g/mol. The van der Waals surface area contributed by atoms with Gasteiger partial charge in [0.15, 0.2) is 11.5 Å². The Morgan fingerprint density at radius 1 is 1.08 bits per heavy atom. The molecule has 3 aromatic carbocycles. The molecule has 3 amide bonds. The van der Waals surface area contributed by atoms with E-state index in [9.17, 15) is 22.8 Å². The molecule has 9 nitrogen and oxygen atoms in total. The van der Waals surface area contributed by atoms with Crippen LogP contribution in [0.15, 0.2) is 70.5 Å². The number of thioether (sulfide) groups is 1. The second-order valence-electron chi connectivity index (χ2n) is 8.13. The van der Waals surface area contributed by atoms with E-state index >= 15 is 0 Å². The first kappa shape index (κ1) is 28.5. The SMILES string of the molecule is COc1cccc(/C=C2\SC(=O)N(Cc3ccc(Cl)cc3Cl)C2=O)c1OS(=O)(=O)c1ccc(NC(C)=O)cc1. The van der Waals surface area contributed by atoms with Gasteiger partial charge < -0.3 is 14.2 Å². The van der Waals surface area contributed by atoms with Crippen LogP contribution in [-0.2, 0) is 26.3 Å². The zero-order chi connectivity index (χ0) is 28.3. The minimum absolute atomic E-state index is 0.0558. The molecule has 0 spiro atoms. The van der Waals surface area contributed by atoms with Crippen molar-refractivity contribution in [3.05, 3.63) is 86.7 Å². The van der Waals surface area contributed by atoms with Crippen molar-refractivity contribution >= 4 is 73.9 Å². The number of carbonyl (C=O) groups excluding carboxylic acids is 3. The molecule has 0 bridgehead atoms. The third kappa shape index (κ3) is 6.56. The van der Waals surface area contributed by atoms with Crippen molar-refractivity contribution in [3.63, 3.8) is 0 Å². The van der Waals surface area contributed by atoms with E-state index in [0.717, 1.165) is 4.90 Å². The van der Waals surface area contributed by atoms with E-state index < -0.39 is 21.3 Å². The average molecular weight is 607 g/mol. The van der Waals surface area contributed by atoms with Crippen molar-refractivity contribution in [2.45, 2.75) is 18.4 Å². The predicted octanol–water partition coefficient (Wildman–Crippen LogP) is 5.96. The van der Waals surface area contributed by atoms with E-state index in [1.807, 2.05) is 0 Å². The summed E-state index contributed by atoms with van der Waals surface area (Å²) in [6.45, 7) is 1.26. The topological polar surface area (TPSA) is 119 Å². The summed E-state index contributed by atoms with van der Waals surface area (Å²) in [5.41, 5.74) is 1.14. The number of amides is 3. The van der Waals surface area contributed by atoms with Gasteiger partial charge in [-0.2, -0.15) is 8.42 Å². The maximum absolute atomic E-state index is 13.1. The largest absolute Gasteiger partial charge is 0.493 e. The van der Waals surface area contributed by atoms with E-state index in [0.29, 0.717) is 33.1 Å². The number of hydrogen-bond acceptors (Lipinski definition) is 8. The molecule has 13 heteroatoms. The van der Waals surface area contributed by atoms with Crippen molar-refractivity contribution in [1.82, 2.24) is 4.90 Å². The van der Waals surface area contributed by atoms with E-state index in [4.69, 9.17) is 32.1 Å². The lowest BCUT2D eigenvalue weighted by Gasteiger charge is -2.14. The number of nitrogens with zero attached hydrogens (tertiary/aromatic N) is 1. The normalized spacial score (nSPS) is 14.6. The Morgan fingerprint density at radius 2 is 1.79 bits per heavy atom. The van der Waals surface area contributed by atoms with Gasteiger partial charge in [-0.05, 0) is 65.9 Å². The van der Waals surface area contributed by atoms with E-state index in [2.05, 4.69) is 5.32 Å². The van der Waals surface area contributed by atoms with Gasteiger partial charge >= 0.3 is 10.1 Å². The van der Waals surface area contributed by atoms with E-state index in [1.165, 1.54) is 62.6 Å². The summed E-state index contributed by atoms with van der Waals surface area (Å²) >= 11 is 12.8. The smallest absolute Gasteiger partial charge is 0.339 e. The molecule has 0 radical (unpaired) electrons. The van der Waals surface area contributed by atoms with Gasteiger partial charge in [0.05, 0.1) is 18.6 Å². The van der Waals surface area contributed by atoms with Crippen molar-refractivity contribution in [2.24, 2.45) is 0 Å². The molecular formula is C26H20Cl2N2O7S2. The fourth-order valence-electron chi connectivity index (χ4n) is 3.56. The van der Waals surface area contributed by atoms with Crippen LogP contribution in [0.3, 0.4) is 0 Å². The van der Waals surface area contributed by atoms with Gasteiger partial charge in [0.25, 0.3) is 11.1 Å². The van der Waals surface area contributed by atoms with E-state index in [1.54, 1.807) is 18.2 Å². The number of rotatable bonds is 8. The highest BCUT2D eigenvalue weighted by molar-refractivity contribution is 8.18. The Labute approximate surface area is 238 Å². The molecule has 0 aliphatic carbocycles. The number of hydrogen-bond donors (Lipinski definition) is 1. The Balaban J connectivity index is 1.63. The van der Waals surface area contributed by atoms with Crippen LogP contribution in [0.4, 0.5) is 10.5 Å². The summed E-state index contributed by atoms with van der Waals surface area (Å²) in [6, 6.07) is 14.8. The summed E-state index contributed by atoms with van der Waals surface area (Å²) < 4.78 is 36.9. The molecular weight excluding hydrogens is 587 g/mol. The first-order chi connectivity index (χ1) is 18.5. The highest BCUT2D eigenvalue weighted by Crippen LogP contribution is 2.39. The zero-order valence-corrected chi connectivity index (χ0v) is 23.6. The first-order valence-corrected chi connectivity index (χ1v) is 14.1. The highest BCUT2D eigenvalue weighted by atomic mass is 35.5. The molecule has 39 heavy (non-hydrogen) atoms. The highest BCUT2D eigenvalue weighted by Gasteiger charge is 2.36. The van der Waals surface area contributed by atoms with Crippen LogP contribution in [0, 0.1) is 0 Å². The minimum Gasteiger partial charge on any atom is -0.493 e. The third-order valence-electron chi connectivity index (χ3n) is 5.39. The Morgan fingerprint density at radius 3 is 2.44 bits per heavy atom. The zero-order valence-electron chi connectivity index (χ0n) is 20.4. The fourth-order valence-corrected chi connectivity index (χ4v) is 5.82. The van der Waals surface area contributed by atoms with E-state index in [-0.39, 0.29) is 39.3 Å². The lowest BCUT2D eigenvalue weighted by atomic mass is 10.1. The number of methoxy groups -OCH3 is 1. The molecule has 1 fully saturated rings. The van der Waals surface area contributed by atoms with Crippen LogP contribution >= 0.6 is 35.0 Å². The molecule has 0 unspecified atom stereocenters. The summed E-state index contributed by atoms with van der Waals surface area (Å²) in [6.07, 6.45) is 1.36. The molecule has 0 saturated carbocycles. The van der Waals surface area contributed by atoms with Crippen molar-refractivity contribution in [3.8, 4) is 11.5 Å². The molecule has 1 saturated heterocycles. The fraction of sp³-hybridized carbons (Fsp3) is 0.115. The molecule has 202 valence electrons. The number of para-hydroxylation sites is 1. The molecule has 0 atom stereocenters. The second kappa shape index (κ2) is 11.7. The molecule has 0 aromatic heterocycles. The van der Waals surface area contributed by atoms with Gasteiger partial charge in [-0.1, -0.05) is 41.4 Å². The van der Waals surface area contributed by atoms with Gasteiger partial charge in [-0.15, -0.1) is 0 Å². The quantitative estimate of drug-likeness (QED) is 0.246. The Bertz CT molecular complexity index is 1610. The van der Waals surface area contributed by atoms with Crippen molar-refractivity contribution in [2.75, 3.05) is 12.4 Å². The molecule has 3 aromatic rings. The van der Waals surface area contributed by atoms with Gasteiger partial charge in [-0.3, -0.25) is 19.3 Å². The second-order valence-corrected chi connectivity index (χ2v) is 11.5. The van der Waals surface area contributed by atoms with Crippen molar-refractivity contribution < 1.29 is 31.7 Å². The van der Waals surface area contributed by atoms with Gasteiger partial charge in [0.2, 0.25) is 5.91 Å². The van der Waals surface area contributed by atoms with Crippen LogP contribution in [0.25, 0.3) is 6.08 Å². The summed E-state index contributed by atoms with van der Waals surface area (Å²) in [7, 11) is -3.01. The lowest BCUT2D eigenvalue weighted by Crippen LogP contribution is -2.27. The Kier molecular flexibility index (Phi) is 8.55. The summed E-state index contributed by atoms with van der Waals surface area (Å²) in [5, 5.41) is 2.76. The standard InChI is InChI=1S/C26H20Cl2N2O7S2/c1-15(31)29-19-8-10-20(11-9-19)39(34,35)37-24-16(4-3-5-22(24)36-2)12-23-25(32)30(26(33)38-23)14-17-6-7-18(27)13-21(17)28/h3-13H,14H2,1-2H3,(H,29,31)/b23-12-. The maximum Gasteiger partial charge on any atom is 0.339 e. The summed E-state index contributed by atoms with van der Waals surface area (Å²) in [5.74, 6) is -0.963. The van der Waals surface area contributed by atoms with Crippen LogP contribution in [0.5, 0.6) is 11.5 Å². The number of anilines is 1. The molecule has 4 rings (SSSR count). The number of carbonyl (C=O) groups is 3. The maximum atomic E-state index is 13.1. The Hall–Kier alpha value is -3.51. The van der Waals surface area contributed by atoms with Crippen LogP contribution in [-0.4, -0.2) is 37.5 Å². The number of imide groups is 1. The molecule has 1 aliphatic heterocycles. The third-order valence-corrected chi connectivity index (χ3v) is 8.12. The average Bonchev–Trinajstić information content (AvgIpc) is 3.13. The number of halogens is 2. The number of benzene rings is 3. The van der Waals surface area contributed by atoms with Crippen LogP contribution in [0.2, 0.25) is 10.0 Å². The van der Waals surface area contributed by atoms with Crippen LogP contribution < -0.4 is 14.2 Å². The number of ether oxygens (including phenoxy) is 1. The van der Waals surface area contributed by atoms with Crippen LogP contribution in [0.1, 0.15) is 18.1 Å². The lowest BCUT2D eigenvalue weighted by molar-refractivity contribution is -0.123. The summed E-state index contributed by atoms with van der Waals surface area (Å²) in [4.78, 5) is 37.9. The number of nitrogens with one attached hydrogen (secondary N) is 1. The molecule has 1 aliphatic rings. The van der Waals surface area contributed by atoms with Crippen molar-refractivity contribution in [1.29, 1.82) is 0 Å². The van der Waals surface area contributed by atoms with Gasteiger partial charge in [0, 0.05) is 28.2 Å². The van der Waals surface area contributed by atoms with Gasteiger partial charge in [0.1, 0.15) is 4.90 Å². The predicted molar refractivity (Wildman–Crippen MR) is 150 cm³/mol. The minimum atomic E-state index is -4.35.